The molecule has 2 bridgehead atoms. The Balaban J connectivity index is 1.46. The van der Waals surface area contributed by atoms with E-state index in [4.69, 9.17) is 4.63 Å². The van der Waals surface area contributed by atoms with Crippen molar-refractivity contribution in [3.05, 3.63) is 46.8 Å². The van der Waals surface area contributed by atoms with Crippen LogP contribution in [0.2, 0.25) is 0 Å². The lowest BCUT2D eigenvalue weighted by Gasteiger charge is -2.51. The summed E-state index contributed by atoms with van der Waals surface area (Å²) in [6.45, 7) is 7.10. The molecule has 5 heterocycles. The van der Waals surface area contributed by atoms with Gasteiger partial charge in [0.05, 0.1) is 12.5 Å². The molecule has 4 aliphatic heterocycles. The smallest absolute Gasteiger partial charge is 0.229 e. The number of carbonyl (C=O) groups is 1. The Morgan fingerprint density at radius 1 is 1.11 bits per heavy atom. The van der Waals surface area contributed by atoms with Gasteiger partial charge in [-0.2, -0.15) is 0 Å². The number of carbonyl (C=O) groups excluding carboxylic acids is 1. The van der Waals surface area contributed by atoms with Gasteiger partial charge in [0.2, 0.25) is 5.91 Å². The predicted octanol–water partition coefficient (Wildman–Crippen LogP) is 2.32. The van der Waals surface area contributed by atoms with E-state index in [9.17, 15) is 4.79 Å². The van der Waals surface area contributed by atoms with Crippen molar-refractivity contribution < 1.29 is 9.42 Å². The lowest BCUT2D eigenvalue weighted by atomic mass is 9.75. The number of nitrogens with zero attached hydrogens (tertiary/aromatic N) is 4. The van der Waals surface area contributed by atoms with E-state index in [1.54, 1.807) is 0 Å². The van der Waals surface area contributed by atoms with Crippen LogP contribution in [0, 0.1) is 19.8 Å². The lowest BCUT2D eigenvalue weighted by molar-refractivity contribution is -0.135. The van der Waals surface area contributed by atoms with Crippen molar-refractivity contribution in [1.82, 2.24) is 20.1 Å². The molecule has 0 aliphatic carbocycles. The topological polar surface area (TPSA) is 62.5 Å². The molecule has 4 aliphatic rings. The fourth-order valence-corrected chi connectivity index (χ4v) is 5.47. The summed E-state index contributed by atoms with van der Waals surface area (Å²) in [6, 6.07) is 9.65. The summed E-state index contributed by atoms with van der Waals surface area (Å²) in [5.74, 6) is 1.17. The third-order valence-corrected chi connectivity index (χ3v) is 6.89. The zero-order valence-corrected chi connectivity index (χ0v) is 16.0. The van der Waals surface area contributed by atoms with E-state index in [-0.39, 0.29) is 12.3 Å². The van der Waals surface area contributed by atoms with Crippen LogP contribution in [0.4, 0.5) is 0 Å². The van der Waals surface area contributed by atoms with Gasteiger partial charge in [-0.15, -0.1) is 0 Å². The van der Waals surface area contributed by atoms with Crippen LogP contribution in [-0.4, -0.2) is 57.7 Å². The van der Waals surface area contributed by atoms with Gasteiger partial charge in [0.1, 0.15) is 11.4 Å². The molecule has 0 N–H and O–H groups in total. The predicted molar refractivity (Wildman–Crippen MR) is 100 cm³/mol. The molecule has 4 fully saturated rings. The molecule has 6 rings (SSSR count). The number of hydrogen-bond acceptors (Lipinski definition) is 5. The summed E-state index contributed by atoms with van der Waals surface area (Å²) in [5, 5.41) is 7.74. The number of amides is 1. The van der Waals surface area contributed by atoms with Crippen molar-refractivity contribution in [3.63, 3.8) is 0 Å². The number of hydrogen-bond donors (Lipinski definition) is 0. The van der Waals surface area contributed by atoms with Gasteiger partial charge in [-0.25, -0.2) is 4.63 Å². The fourth-order valence-electron chi connectivity index (χ4n) is 5.47. The summed E-state index contributed by atoms with van der Waals surface area (Å²) in [7, 11) is 0. The van der Waals surface area contributed by atoms with Crippen molar-refractivity contribution in [2.45, 2.75) is 51.1 Å². The molecule has 0 saturated carbocycles. The van der Waals surface area contributed by atoms with Gasteiger partial charge in [-0.1, -0.05) is 40.1 Å². The highest BCUT2D eigenvalue weighted by Gasteiger charge is 2.54. The fraction of sp³-hybridized carbons (Fsp3) is 0.571. The molecule has 0 unspecified atom stereocenters. The highest BCUT2D eigenvalue weighted by atomic mass is 16.6. The second-order valence-electron chi connectivity index (χ2n) is 8.39. The van der Waals surface area contributed by atoms with Crippen LogP contribution in [0.25, 0.3) is 0 Å². The maximum atomic E-state index is 13.2. The van der Waals surface area contributed by atoms with Crippen molar-refractivity contribution in [1.29, 1.82) is 0 Å². The van der Waals surface area contributed by atoms with Crippen LogP contribution in [-0.2, 0) is 11.2 Å². The Bertz CT molecular complexity index is 838. The molecular weight excluding hydrogens is 340 g/mol. The third-order valence-electron chi connectivity index (χ3n) is 6.89. The van der Waals surface area contributed by atoms with Crippen molar-refractivity contribution in [2.75, 3.05) is 19.6 Å². The largest absolute Gasteiger partial charge is 0.337 e. The van der Waals surface area contributed by atoms with Gasteiger partial charge in [0, 0.05) is 18.5 Å². The average molecular weight is 366 g/mol. The first-order chi connectivity index (χ1) is 13.1. The molecule has 1 aromatic carbocycles. The van der Waals surface area contributed by atoms with Crippen molar-refractivity contribution in [2.24, 2.45) is 5.92 Å². The molecule has 6 nitrogen and oxygen atoms in total. The quantitative estimate of drug-likeness (QED) is 0.834. The molecular formula is C21H26N4O2. The van der Waals surface area contributed by atoms with Crippen molar-refractivity contribution in [3.8, 4) is 0 Å². The number of benzene rings is 1. The molecule has 2 aromatic rings. The maximum absolute atomic E-state index is 13.2. The monoisotopic (exact) mass is 366 g/mol. The summed E-state index contributed by atoms with van der Waals surface area (Å²) in [4.78, 5) is 18.0. The van der Waals surface area contributed by atoms with Crippen LogP contribution in [0.15, 0.2) is 28.9 Å². The van der Waals surface area contributed by atoms with E-state index in [0.29, 0.717) is 35.3 Å². The van der Waals surface area contributed by atoms with Gasteiger partial charge in [0.15, 0.2) is 0 Å². The zero-order valence-electron chi connectivity index (χ0n) is 16.0. The number of likely N-dealkylation sites (tertiary alicyclic amines) is 1. The number of aryl methyl sites for hydroxylation is 2. The third kappa shape index (κ3) is 2.78. The Labute approximate surface area is 159 Å². The average Bonchev–Trinajstić information content (AvgIpc) is 3.29. The van der Waals surface area contributed by atoms with Gasteiger partial charge in [-0.05, 0) is 51.3 Å². The number of fused-ring (bicyclic) bond motifs is 2. The van der Waals surface area contributed by atoms with E-state index in [0.717, 1.165) is 6.54 Å². The number of aromatic nitrogens is 2. The second kappa shape index (κ2) is 6.44. The molecule has 142 valence electrons. The van der Waals surface area contributed by atoms with E-state index < -0.39 is 0 Å². The maximum Gasteiger partial charge on any atom is 0.229 e. The van der Waals surface area contributed by atoms with E-state index in [1.165, 1.54) is 37.1 Å². The molecule has 3 atom stereocenters. The van der Waals surface area contributed by atoms with Crippen LogP contribution >= 0.6 is 0 Å². The molecule has 6 heteroatoms. The SMILES string of the molecule is Cc1ccc([C@@H]2CN(C(=O)Cc3nonc3C)[C@@H]3C4CCN(CC4)[C@@H]32)cc1. The highest BCUT2D eigenvalue weighted by molar-refractivity contribution is 5.79. The molecule has 0 radical (unpaired) electrons. The number of piperidine rings is 3. The first kappa shape index (κ1) is 16.9. The summed E-state index contributed by atoms with van der Waals surface area (Å²) >= 11 is 0. The molecule has 1 amide bonds. The van der Waals surface area contributed by atoms with E-state index in [1.807, 2.05) is 6.92 Å². The lowest BCUT2D eigenvalue weighted by Crippen LogP contribution is -2.60. The van der Waals surface area contributed by atoms with Crippen molar-refractivity contribution >= 4 is 5.91 Å². The van der Waals surface area contributed by atoms with Crippen LogP contribution in [0.3, 0.4) is 0 Å². The Morgan fingerprint density at radius 3 is 2.52 bits per heavy atom. The molecule has 1 aromatic heterocycles. The summed E-state index contributed by atoms with van der Waals surface area (Å²) in [5.41, 5.74) is 4.01. The first-order valence-electron chi connectivity index (χ1n) is 10.00. The Kier molecular flexibility index (Phi) is 4.04. The Morgan fingerprint density at radius 2 is 1.85 bits per heavy atom. The van der Waals surface area contributed by atoms with Gasteiger partial charge in [-0.3, -0.25) is 9.69 Å². The van der Waals surface area contributed by atoms with E-state index >= 15 is 0 Å². The molecule has 0 spiro atoms. The van der Waals surface area contributed by atoms with Crippen LogP contribution < -0.4 is 0 Å². The van der Waals surface area contributed by atoms with E-state index in [2.05, 4.69) is 51.3 Å². The highest BCUT2D eigenvalue weighted by Crippen LogP contribution is 2.46. The zero-order chi connectivity index (χ0) is 18.5. The number of rotatable bonds is 3. The van der Waals surface area contributed by atoms with Gasteiger partial charge >= 0.3 is 0 Å². The first-order valence-corrected chi connectivity index (χ1v) is 10.00. The second-order valence-corrected chi connectivity index (χ2v) is 8.39. The minimum atomic E-state index is 0.159. The standard InChI is InChI=1S/C21H26N4O2/c1-13-3-5-15(6-4-13)17-12-25(19(26)11-18-14(2)22-27-23-18)20-16-7-9-24(10-8-16)21(17)20/h3-6,16-17,20-21H,7-12H2,1-2H3/t17-,20+,21+/m0/s1. The minimum Gasteiger partial charge on any atom is -0.337 e. The van der Waals surface area contributed by atoms with Gasteiger partial charge in [0.25, 0.3) is 0 Å². The summed E-state index contributed by atoms with van der Waals surface area (Å²) < 4.78 is 4.79. The summed E-state index contributed by atoms with van der Waals surface area (Å²) in [6.07, 6.45) is 2.69. The normalized spacial score (nSPS) is 31.9. The molecule has 4 saturated heterocycles. The van der Waals surface area contributed by atoms with Crippen LogP contribution in [0.1, 0.15) is 41.3 Å². The Hall–Kier alpha value is -2.21. The molecule has 27 heavy (non-hydrogen) atoms. The minimum absolute atomic E-state index is 0.159. The van der Waals surface area contributed by atoms with Crippen LogP contribution in [0.5, 0.6) is 0 Å². The van der Waals surface area contributed by atoms with Gasteiger partial charge < -0.3 is 4.90 Å².